The maximum absolute atomic E-state index is 12.0. The lowest BCUT2D eigenvalue weighted by Gasteiger charge is -2.19. The van der Waals surface area contributed by atoms with Gasteiger partial charge in [-0.15, -0.1) is 0 Å². The molecule has 2 rings (SSSR count). The molecule has 7 heteroatoms. The second-order valence-electron chi connectivity index (χ2n) is 9.58. The highest BCUT2D eigenvalue weighted by molar-refractivity contribution is 5.75. The van der Waals surface area contributed by atoms with Gasteiger partial charge >= 0.3 is 0 Å². The van der Waals surface area contributed by atoms with Gasteiger partial charge in [0.15, 0.2) is 11.5 Å². The number of hydrogen-bond acceptors (Lipinski definition) is 6. The highest BCUT2D eigenvalue weighted by atomic mass is 16.3. The van der Waals surface area contributed by atoms with Gasteiger partial charge in [0, 0.05) is 25.3 Å². The fourth-order valence-corrected chi connectivity index (χ4v) is 4.57. The zero-order valence-electron chi connectivity index (χ0n) is 20.9. The predicted octanol–water partition coefficient (Wildman–Crippen LogP) is 3.73. The lowest BCUT2D eigenvalue weighted by Crippen LogP contribution is -2.25. The van der Waals surface area contributed by atoms with Crippen molar-refractivity contribution in [2.45, 2.75) is 89.4 Å². The summed E-state index contributed by atoms with van der Waals surface area (Å²) in [5.41, 5.74) is 0.835. The fraction of sp³-hybridized carbons (Fsp3) is 0.607. The van der Waals surface area contributed by atoms with Crippen LogP contribution in [0.4, 0.5) is 0 Å². The van der Waals surface area contributed by atoms with E-state index in [1.54, 1.807) is 12.1 Å². The quantitative estimate of drug-likeness (QED) is 0.126. The smallest absolute Gasteiger partial charge is 0.220 e. The molecule has 1 aromatic carbocycles. The van der Waals surface area contributed by atoms with Crippen LogP contribution in [0, 0.1) is 11.8 Å². The minimum absolute atomic E-state index is 0.0292. The van der Waals surface area contributed by atoms with E-state index in [1.165, 1.54) is 12.1 Å². The van der Waals surface area contributed by atoms with Gasteiger partial charge in [0.2, 0.25) is 5.91 Å². The first-order chi connectivity index (χ1) is 16.8. The van der Waals surface area contributed by atoms with Gasteiger partial charge in [0.25, 0.3) is 0 Å². The van der Waals surface area contributed by atoms with Gasteiger partial charge in [0.1, 0.15) is 0 Å². The summed E-state index contributed by atoms with van der Waals surface area (Å²) >= 11 is 0. The average Bonchev–Trinajstić information content (AvgIpc) is 3.09. The Morgan fingerprint density at radius 2 is 1.91 bits per heavy atom. The van der Waals surface area contributed by atoms with Crippen LogP contribution in [-0.2, 0) is 11.2 Å². The van der Waals surface area contributed by atoms with Crippen LogP contribution in [0.2, 0.25) is 0 Å². The zero-order valence-corrected chi connectivity index (χ0v) is 20.9. The van der Waals surface area contributed by atoms with Crippen molar-refractivity contribution in [2.75, 3.05) is 6.54 Å². The van der Waals surface area contributed by atoms with Gasteiger partial charge < -0.3 is 30.8 Å². The highest BCUT2D eigenvalue weighted by Gasteiger charge is 2.39. The summed E-state index contributed by atoms with van der Waals surface area (Å²) in [7, 11) is 0. The molecule has 0 bridgehead atoms. The molecule has 1 aliphatic rings. The number of nitrogens with one attached hydrogen (secondary N) is 1. The van der Waals surface area contributed by atoms with Crippen LogP contribution < -0.4 is 5.32 Å². The molecule has 1 unspecified atom stereocenters. The van der Waals surface area contributed by atoms with Crippen LogP contribution in [0.1, 0.15) is 70.3 Å². The monoisotopic (exact) mass is 489 g/mol. The number of aliphatic hydroxyl groups is 3. The van der Waals surface area contributed by atoms with Gasteiger partial charge in [-0.05, 0) is 55.7 Å². The van der Waals surface area contributed by atoms with Crippen molar-refractivity contribution in [3.63, 3.8) is 0 Å². The molecule has 1 aliphatic carbocycles. The molecule has 5 atom stereocenters. The first-order valence-electron chi connectivity index (χ1n) is 13.0. The summed E-state index contributed by atoms with van der Waals surface area (Å²) in [5, 5.41) is 52.5. The third-order valence-corrected chi connectivity index (χ3v) is 6.70. The standard InChI is InChI=1S/C28H43NO6/c1-2-3-6-9-21(30)13-14-23-22(25(32)19-26(23)33)10-7-4-5-8-11-28(35)29-17-16-20-12-15-24(31)27(34)18-20/h4,7,12-15,18,21-23,25-26,30-34H,2-3,5-6,8-11,16-17,19H2,1H3,(H,29,35)/t21?,22-,23-,25+,26-/m1/s1. The number of aromatic hydroxyl groups is 2. The van der Waals surface area contributed by atoms with E-state index in [0.717, 1.165) is 31.2 Å². The normalized spacial score (nSPS) is 23.3. The Morgan fingerprint density at radius 3 is 2.66 bits per heavy atom. The van der Waals surface area contributed by atoms with E-state index < -0.39 is 18.3 Å². The van der Waals surface area contributed by atoms with E-state index >= 15 is 0 Å². The van der Waals surface area contributed by atoms with Crippen LogP contribution in [0.25, 0.3) is 0 Å². The molecule has 0 aliphatic heterocycles. The second-order valence-corrected chi connectivity index (χ2v) is 9.58. The molecular weight excluding hydrogens is 446 g/mol. The third-order valence-electron chi connectivity index (χ3n) is 6.70. The molecule has 7 nitrogen and oxygen atoms in total. The molecule has 0 aromatic heterocycles. The molecule has 196 valence electrons. The number of hydrogen-bond donors (Lipinski definition) is 6. The SMILES string of the molecule is CCCCCC(O)C=C[C@@H]1[C@@H](CC=CCCCC(=O)NCCc2ccc(O)c(O)c2)[C@@H](O)C[C@H]1O. The molecule has 0 heterocycles. The lowest BCUT2D eigenvalue weighted by atomic mass is 9.89. The highest BCUT2D eigenvalue weighted by Crippen LogP contribution is 2.36. The fourth-order valence-electron chi connectivity index (χ4n) is 4.57. The average molecular weight is 490 g/mol. The topological polar surface area (TPSA) is 130 Å². The van der Waals surface area contributed by atoms with Crippen molar-refractivity contribution in [1.29, 1.82) is 0 Å². The Morgan fingerprint density at radius 1 is 1.11 bits per heavy atom. The molecule has 1 saturated carbocycles. The molecule has 1 amide bonds. The number of phenols is 2. The molecule has 35 heavy (non-hydrogen) atoms. The van der Waals surface area contributed by atoms with Gasteiger partial charge in [-0.2, -0.15) is 0 Å². The molecule has 6 N–H and O–H groups in total. The van der Waals surface area contributed by atoms with Crippen LogP contribution >= 0.6 is 0 Å². The predicted molar refractivity (Wildman–Crippen MR) is 137 cm³/mol. The van der Waals surface area contributed by atoms with E-state index in [2.05, 4.69) is 12.2 Å². The van der Waals surface area contributed by atoms with E-state index in [1.807, 2.05) is 18.2 Å². The van der Waals surface area contributed by atoms with Crippen molar-refractivity contribution in [1.82, 2.24) is 5.32 Å². The Kier molecular flexibility index (Phi) is 12.9. The van der Waals surface area contributed by atoms with Crippen molar-refractivity contribution in [3.05, 3.63) is 48.1 Å². The maximum atomic E-state index is 12.0. The van der Waals surface area contributed by atoms with Crippen LogP contribution in [-0.4, -0.2) is 56.3 Å². The minimum atomic E-state index is -0.600. The second kappa shape index (κ2) is 15.6. The van der Waals surface area contributed by atoms with Crippen molar-refractivity contribution in [3.8, 4) is 11.5 Å². The number of rotatable bonds is 15. The summed E-state index contributed by atoms with van der Waals surface area (Å²) in [4.78, 5) is 12.0. The number of carbonyl (C=O) groups is 1. The van der Waals surface area contributed by atoms with Crippen LogP contribution in [0.15, 0.2) is 42.5 Å². The van der Waals surface area contributed by atoms with E-state index in [0.29, 0.717) is 45.1 Å². The van der Waals surface area contributed by atoms with Gasteiger partial charge in [-0.25, -0.2) is 0 Å². The summed E-state index contributed by atoms with van der Waals surface area (Å²) in [6, 6.07) is 4.63. The number of allylic oxidation sites excluding steroid dienone is 2. The number of amides is 1. The Hall–Kier alpha value is -2.35. The molecule has 1 aromatic rings. The summed E-state index contributed by atoms with van der Waals surface area (Å²) < 4.78 is 0. The first-order valence-corrected chi connectivity index (χ1v) is 13.0. The Bertz CT molecular complexity index is 824. The molecule has 0 spiro atoms. The third kappa shape index (κ3) is 10.4. The van der Waals surface area contributed by atoms with Gasteiger partial charge in [-0.1, -0.05) is 56.6 Å². The van der Waals surface area contributed by atoms with Gasteiger partial charge in [0.05, 0.1) is 18.3 Å². The summed E-state index contributed by atoms with van der Waals surface area (Å²) in [6.45, 7) is 2.59. The largest absolute Gasteiger partial charge is 0.504 e. The summed E-state index contributed by atoms with van der Waals surface area (Å²) in [6.07, 6.45) is 13.3. The molecular formula is C28H43NO6. The van der Waals surface area contributed by atoms with Crippen LogP contribution in [0.5, 0.6) is 11.5 Å². The molecule has 0 radical (unpaired) electrons. The van der Waals surface area contributed by atoms with Crippen molar-refractivity contribution < 1.29 is 30.3 Å². The number of aliphatic hydroxyl groups excluding tert-OH is 3. The lowest BCUT2D eigenvalue weighted by molar-refractivity contribution is -0.121. The maximum Gasteiger partial charge on any atom is 0.220 e. The number of unbranched alkanes of at least 4 members (excludes halogenated alkanes) is 3. The molecule has 0 saturated heterocycles. The first kappa shape index (κ1) is 28.9. The number of benzene rings is 1. The number of phenolic OH excluding ortho intramolecular Hbond substituents is 2. The molecule has 1 fully saturated rings. The van der Waals surface area contributed by atoms with E-state index in [4.69, 9.17) is 0 Å². The van der Waals surface area contributed by atoms with Crippen molar-refractivity contribution >= 4 is 5.91 Å². The zero-order chi connectivity index (χ0) is 25.6. The number of carbonyl (C=O) groups excluding carboxylic acids is 1. The summed E-state index contributed by atoms with van der Waals surface area (Å²) in [5.74, 6) is -0.603. The van der Waals surface area contributed by atoms with E-state index in [-0.39, 0.29) is 29.2 Å². The van der Waals surface area contributed by atoms with Crippen LogP contribution in [0.3, 0.4) is 0 Å². The minimum Gasteiger partial charge on any atom is -0.504 e. The Labute approximate surface area is 209 Å². The van der Waals surface area contributed by atoms with Crippen molar-refractivity contribution in [2.24, 2.45) is 11.8 Å². The Balaban J connectivity index is 1.65. The van der Waals surface area contributed by atoms with E-state index in [9.17, 15) is 30.3 Å². The van der Waals surface area contributed by atoms with Gasteiger partial charge in [-0.3, -0.25) is 4.79 Å².